The number of aromatic nitrogens is 2. The normalized spacial score (nSPS) is 11.5. The first-order valence-electron chi connectivity index (χ1n) is 10.7. The molecule has 0 saturated heterocycles. The van der Waals surface area contributed by atoms with Gasteiger partial charge in [0.25, 0.3) is 0 Å². The summed E-state index contributed by atoms with van der Waals surface area (Å²) in [4.78, 5) is 15.8. The number of carboxylic acids is 1. The first-order chi connectivity index (χ1) is 17.3. The Bertz CT molecular complexity index is 1560. The molecule has 0 bridgehead atoms. The van der Waals surface area contributed by atoms with Crippen LogP contribution in [0.3, 0.4) is 0 Å². The third kappa shape index (κ3) is 6.68. The Morgan fingerprint density at radius 1 is 1.11 bits per heavy atom. The van der Waals surface area contributed by atoms with Crippen LogP contribution in [0.25, 0.3) is 10.8 Å². The van der Waals surface area contributed by atoms with Crippen molar-refractivity contribution in [1.29, 1.82) is 0 Å². The van der Waals surface area contributed by atoms with E-state index < -0.39 is 21.7 Å². The topological polar surface area (TPSA) is 145 Å². The number of fused-ring (bicyclic) bond motifs is 1. The van der Waals surface area contributed by atoms with Gasteiger partial charge in [-0.15, -0.1) is 22.1 Å². The Balaban J connectivity index is 0.00000380. The molecule has 0 unspecified atom stereocenters. The summed E-state index contributed by atoms with van der Waals surface area (Å²) < 4.78 is 29.6. The van der Waals surface area contributed by atoms with Crippen LogP contribution in [0.5, 0.6) is 5.75 Å². The minimum atomic E-state index is -3.73. The van der Waals surface area contributed by atoms with E-state index in [2.05, 4.69) is 19.9 Å². The molecule has 3 N–H and O–H groups in total. The minimum absolute atomic E-state index is 0. The number of halogens is 1. The number of nitrogens with one attached hydrogen (secondary N) is 1. The second-order valence-electron chi connectivity index (χ2n) is 7.60. The minimum Gasteiger partial charge on any atom is -0.505 e. The summed E-state index contributed by atoms with van der Waals surface area (Å²) in [5.74, 6) is -1.28. The lowest BCUT2D eigenvalue weighted by atomic mass is 10.0. The Morgan fingerprint density at radius 3 is 2.54 bits per heavy atom. The molecule has 3 aromatic carbocycles. The molecule has 0 fully saturated rings. The molecule has 10 nitrogen and oxygen atoms in total. The average Bonchev–Trinajstić information content (AvgIpc) is 2.87. The van der Waals surface area contributed by atoms with Gasteiger partial charge in [-0.2, -0.15) is 5.11 Å². The Labute approximate surface area is 227 Å². The molecule has 37 heavy (non-hydrogen) atoms. The number of nitrogens with zero attached hydrogens (tertiary/aromatic N) is 4. The highest BCUT2D eigenvalue weighted by Crippen LogP contribution is 2.39. The second kappa shape index (κ2) is 12.2. The maximum atomic E-state index is 12.6. The van der Waals surface area contributed by atoms with Crippen LogP contribution in [0, 0.1) is 0 Å². The molecule has 0 radical (unpaired) electrons. The molecule has 4 aromatic rings. The lowest BCUT2D eigenvalue weighted by Gasteiger charge is -2.08. The number of hydrogen-bond acceptors (Lipinski definition) is 8. The first-order valence-corrected chi connectivity index (χ1v) is 13.2. The number of hydrogen-bond donors (Lipinski definition) is 3. The summed E-state index contributed by atoms with van der Waals surface area (Å²) in [6.45, 7) is 0.220. The maximum Gasteiger partial charge on any atom is 0.358 e. The van der Waals surface area contributed by atoms with Crippen LogP contribution >= 0.6 is 28.7 Å². The molecule has 192 valence electrons. The number of aryl methyl sites for hydroxylation is 1. The van der Waals surface area contributed by atoms with Gasteiger partial charge in [0.1, 0.15) is 17.4 Å². The zero-order valence-electron chi connectivity index (χ0n) is 19.5. The van der Waals surface area contributed by atoms with Crippen LogP contribution in [0.1, 0.15) is 10.4 Å². The zero-order valence-corrected chi connectivity index (χ0v) is 22.8. The van der Waals surface area contributed by atoms with Gasteiger partial charge in [-0.05, 0) is 52.5 Å². The fourth-order valence-electron chi connectivity index (χ4n) is 3.35. The number of carbonyl (C=O) groups is 1. The Kier molecular flexibility index (Phi) is 9.32. The van der Waals surface area contributed by atoms with Gasteiger partial charge in [0.2, 0.25) is 10.0 Å². The van der Waals surface area contributed by atoms with Crippen LogP contribution < -0.4 is 9.29 Å². The van der Waals surface area contributed by atoms with Crippen LogP contribution in [0.4, 0.5) is 11.4 Å². The smallest absolute Gasteiger partial charge is 0.358 e. The molecule has 0 atom stereocenters. The summed E-state index contributed by atoms with van der Waals surface area (Å²) in [6, 6.07) is 15.8. The van der Waals surface area contributed by atoms with Crippen molar-refractivity contribution in [1.82, 2.24) is 9.71 Å². The first kappa shape index (κ1) is 28.2. The van der Waals surface area contributed by atoms with Gasteiger partial charge in [0, 0.05) is 23.8 Å². The molecule has 0 aliphatic carbocycles. The highest BCUT2D eigenvalue weighted by molar-refractivity contribution is 8.93. The summed E-state index contributed by atoms with van der Waals surface area (Å²) in [5.41, 5.74) is 0.0594. The van der Waals surface area contributed by atoms with Crippen molar-refractivity contribution < 1.29 is 28.0 Å². The van der Waals surface area contributed by atoms with Gasteiger partial charge >= 0.3 is 11.1 Å². The number of aromatic hydroxyl groups is 1. The van der Waals surface area contributed by atoms with Crippen molar-refractivity contribution in [2.24, 2.45) is 17.3 Å². The third-order valence-corrected chi connectivity index (χ3v) is 7.68. The van der Waals surface area contributed by atoms with Crippen molar-refractivity contribution >= 4 is 66.9 Å². The van der Waals surface area contributed by atoms with E-state index in [4.69, 9.17) is 0 Å². The molecule has 0 aliphatic rings. The van der Waals surface area contributed by atoms with Crippen LogP contribution in [0.15, 0.2) is 93.3 Å². The number of thioether (sulfide) groups is 1. The van der Waals surface area contributed by atoms with Crippen molar-refractivity contribution in [2.45, 2.75) is 10.1 Å². The van der Waals surface area contributed by atoms with Crippen molar-refractivity contribution in [3.8, 4) is 5.75 Å². The molecule has 4 rings (SSSR count). The molecule has 13 heteroatoms. The summed E-state index contributed by atoms with van der Waals surface area (Å²) >= 11 is 1.43. The molecule has 0 amide bonds. The highest BCUT2D eigenvalue weighted by Gasteiger charge is 2.18. The van der Waals surface area contributed by atoms with Crippen molar-refractivity contribution in [2.75, 3.05) is 12.3 Å². The van der Waals surface area contributed by atoms with Gasteiger partial charge in [-0.3, -0.25) is 0 Å². The quantitative estimate of drug-likeness (QED) is 0.0836. The fraction of sp³-hybridized carbons (Fsp3) is 0.125. The van der Waals surface area contributed by atoms with E-state index in [-0.39, 0.29) is 39.7 Å². The Morgan fingerprint density at radius 2 is 1.84 bits per heavy atom. The number of azo groups is 1. The van der Waals surface area contributed by atoms with E-state index in [1.807, 2.05) is 23.9 Å². The van der Waals surface area contributed by atoms with Crippen LogP contribution in [-0.2, 0) is 17.1 Å². The van der Waals surface area contributed by atoms with Crippen molar-refractivity contribution in [3.63, 3.8) is 0 Å². The monoisotopic (exact) mass is 604 g/mol. The number of phenols is 1. The number of benzene rings is 3. The molecule has 0 aliphatic heterocycles. The highest BCUT2D eigenvalue weighted by atomic mass is 79.9. The molecular weight excluding hydrogens is 582 g/mol. The third-order valence-electron chi connectivity index (χ3n) is 5.15. The number of rotatable bonds is 9. The largest absolute Gasteiger partial charge is 0.505 e. The van der Waals surface area contributed by atoms with Crippen LogP contribution in [0.2, 0.25) is 0 Å². The van der Waals surface area contributed by atoms with E-state index in [9.17, 15) is 23.4 Å². The summed E-state index contributed by atoms with van der Waals surface area (Å²) in [5, 5.41) is 29.9. The standard InChI is InChI=1S/C24H21N5O5S2.BrH/c1-29-13-4-11-25-24(29)35-14-12-26-36(33,34)18-9-7-17(8-10-18)27-28-21-19-6-3-2-5-16(19)15-20(22(21)30)23(31)32;/h2-11,13,15,26H,12,14H2,1H3,(H-,27,30,31,32);1H/p+1. The predicted octanol–water partition coefficient (Wildman–Crippen LogP) is 4.53. The Hall–Kier alpha value is -3.39. The summed E-state index contributed by atoms with van der Waals surface area (Å²) in [6.07, 6.45) is 3.54. The SMILES string of the molecule is Br.C[n+]1cccnc1SCCNS(=O)(=O)c1ccc(N=Nc2c(O)c(C(=O)O)cc3ccccc23)cc1. The number of aromatic carboxylic acids is 1. The molecule has 0 spiro atoms. The fourth-order valence-corrected chi connectivity index (χ4v) is 5.30. The van der Waals surface area contributed by atoms with Gasteiger partial charge in [-0.25, -0.2) is 22.5 Å². The summed E-state index contributed by atoms with van der Waals surface area (Å²) in [7, 11) is -1.86. The van der Waals surface area contributed by atoms with Gasteiger partial charge in [0.15, 0.2) is 5.75 Å². The van der Waals surface area contributed by atoms with Crippen molar-refractivity contribution in [3.05, 3.63) is 78.6 Å². The van der Waals surface area contributed by atoms with E-state index >= 15 is 0 Å². The van der Waals surface area contributed by atoms with E-state index in [0.29, 0.717) is 22.2 Å². The van der Waals surface area contributed by atoms with E-state index in [0.717, 1.165) is 5.16 Å². The molecule has 0 saturated carbocycles. The van der Waals surface area contributed by atoms with Gasteiger partial charge < -0.3 is 10.2 Å². The lowest BCUT2D eigenvalue weighted by Crippen LogP contribution is -2.32. The zero-order chi connectivity index (χ0) is 25.7. The number of carboxylic acid groups (broad SMARTS) is 1. The number of sulfonamides is 1. The van der Waals surface area contributed by atoms with Gasteiger partial charge in [0.05, 0.1) is 23.8 Å². The van der Waals surface area contributed by atoms with E-state index in [1.54, 1.807) is 30.5 Å². The molecule has 1 heterocycles. The second-order valence-corrected chi connectivity index (χ2v) is 10.4. The molecule has 1 aromatic heterocycles. The van der Waals surface area contributed by atoms with Gasteiger partial charge in [-0.1, -0.05) is 24.3 Å². The molecular formula is C24H23BrN5O5S2+. The van der Waals surface area contributed by atoms with E-state index in [1.165, 1.54) is 42.1 Å². The average molecular weight is 606 g/mol. The lowest BCUT2D eigenvalue weighted by molar-refractivity contribution is -0.713. The maximum absolute atomic E-state index is 12.6. The predicted molar refractivity (Wildman–Crippen MR) is 145 cm³/mol. The van der Waals surface area contributed by atoms with Crippen LogP contribution in [-0.4, -0.2) is 41.9 Å².